The first kappa shape index (κ1) is 10.1. The zero-order valence-corrected chi connectivity index (χ0v) is 7.13. The fraction of sp³-hybridized carbons (Fsp3) is 0.333. The molecule has 4 N–H and O–H groups in total. The summed E-state index contributed by atoms with van der Waals surface area (Å²) in [6, 6.07) is 8.62. The SMILES string of the molecule is NC(c1ccccc1)C(O)COO. The normalized spacial score (nSPS) is 15.3. The van der Waals surface area contributed by atoms with Crippen molar-refractivity contribution in [3.05, 3.63) is 35.9 Å². The molecule has 0 aliphatic carbocycles. The van der Waals surface area contributed by atoms with Crippen molar-refractivity contribution in [3.63, 3.8) is 0 Å². The summed E-state index contributed by atoms with van der Waals surface area (Å²) in [4.78, 5) is 3.82. The van der Waals surface area contributed by atoms with Crippen LogP contribution in [0.4, 0.5) is 0 Å². The lowest BCUT2D eigenvalue weighted by Gasteiger charge is -2.17. The molecule has 0 saturated heterocycles. The molecule has 4 nitrogen and oxygen atoms in total. The molecule has 0 radical (unpaired) electrons. The van der Waals surface area contributed by atoms with Crippen LogP contribution in [-0.4, -0.2) is 23.1 Å². The molecule has 1 aromatic rings. The standard InChI is InChI=1S/C9H13NO3/c10-9(8(11)6-13-12)7-4-2-1-3-5-7/h1-5,8-9,11-12H,6,10H2. The monoisotopic (exact) mass is 183 g/mol. The Bertz CT molecular complexity index is 240. The summed E-state index contributed by atoms with van der Waals surface area (Å²) in [6.07, 6.45) is -0.896. The quantitative estimate of drug-likeness (QED) is 0.470. The number of benzene rings is 1. The number of aliphatic hydroxyl groups excluding tert-OH is 1. The van der Waals surface area contributed by atoms with Crippen molar-refractivity contribution >= 4 is 0 Å². The summed E-state index contributed by atoms with van der Waals surface area (Å²) in [5.41, 5.74) is 6.50. The van der Waals surface area contributed by atoms with Crippen LogP contribution in [0.1, 0.15) is 11.6 Å². The second kappa shape index (κ2) is 4.94. The van der Waals surface area contributed by atoms with E-state index < -0.39 is 12.1 Å². The van der Waals surface area contributed by atoms with Crippen molar-refractivity contribution in [2.45, 2.75) is 12.1 Å². The highest BCUT2D eigenvalue weighted by Gasteiger charge is 2.16. The van der Waals surface area contributed by atoms with Crippen LogP contribution in [0.3, 0.4) is 0 Å². The van der Waals surface area contributed by atoms with Gasteiger partial charge in [0.25, 0.3) is 0 Å². The van der Waals surface area contributed by atoms with Gasteiger partial charge in [-0.25, -0.2) is 4.89 Å². The number of hydrogen-bond acceptors (Lipinski definition) is 4. The van der Waals surface area contributed by atoms with E-state index in [1.807, 2.05) is 30.3 Å². The number of rotatable bonds is 4. The van der Waals surface area contributed by atoms with Crippen LogP contribution in [0.25, 0.3) is 0 Å². The van der Waals surface area contributed by atoms with Crippen molar-refractivity contribution < 1.29 is 15.3 Å². The topological polar surface area (TPSA) is 75.7 Å². The zero-order valence-electron chi connectivity index (χ0n) is 7.13. The average molecular weight is 183 g/mol. The number of aliphatic hydroxyl groups is 1. The highest BCUT2D eigenvalue weighted by molar-refractivity contribution is 5.19. The van der Waals surface area contributed by atoms with Gasteiger partial charge in [-0.3, -0.25) is 5.26 Å². The molecule has 0 amide bonds. The number of nitrogens with two attached hydrogens (primary N) is 1. The van der Waals surface area contributed by atoms with Gasteiger partial charge in [-0.05, 0) is 5.56 Å². The lowest BCUT2D eigenvalue weighted by Crippen LogP contribution is -2.29. The van der Waals surface area contributed by atoms with Crippen LogP contribution in [0, 0.1) is 0 Å². The summed E-state index contributed by atoms with van der Waals surface area (Å²) >= 11 is 0. The Morgan fingerprint density at radius 3 is 2.46 bits per heavy atom. The maximum Gasteiger partial charge on any atom is 0.110 e. The van der Waals surface area contributed by atoms with Gasteiger partial charge in [-0.2, -0.15) is 0 Å². The molecule has 0 heterocycles. The zero-order chi connectivity index (χ0) is 9.68. The van der Waals surface area contributed by atoms with E-state index in [1.54, 1.807) is 0 Å². The smallest absolute Gasteiger partial charge is 0.110 e. The van der Waals surface area contributed by atoms with Crippen LogP contribution < -0.4 is 5.73 Å². The Labute approximate surface area is 76.5 Å². The molecule has 72 valence electrons. The molecule has 0 saturated carbocycles. The summed E-state index contributed by atoms with van der Waals surface area (Å²) in [5.74, 6) is 0. The third-order valence-corrected chi connectivity index (χ3v) is 1.84. The Kier molecular flexibility index (Phi) is 3.85. The predicted molar refractivity (Wildman–Crippen MR) is 48.0 cm³/mol. The van der Waals surface area contributed by atoms with Crippen molar-refractivity contribution in [3.8, 4) is 0 Å². The molecule has 2 unspecified atom stereocenters. The van der Waals surface area contributed by atoms with Gasteiger partial charge in [0.05, 0.1) is 12.1 Å². The first-order valence-electron chi connectivity index (χ1n) is 4.00. The first-order valence-corrected chi connectivity index (χ1v) is 4.00. The molecule has 0 aliphatic heterocycles. The molecular formula is C9H13NO3. The summed E-state index contributed by atoms with van der Waals surface area (Å²) in [7, 11) is 0. The molecule has 0 bridgehead atoms. The third kappa shape index (κ3) is 2.78. The van der Waals surface area contributed by atoms with Crippen molar-refractivity contribution in [2.75, 3.05) is 6.61 Å². The fourth-order valence-corrected chi connectivity index (χ4v) is 1.08. The summed E-state index contributed by atoms with van der Waals surface area (Å²) in [5, 5.41) is 17.5. The van der Waals surface area contributed by atoms with E-state index in [4.69, 9.17) is 11.0 Å². The summed E-state index contributed by atoms with van der Waals surface area (Å²) < 4.78 is 0. The maximum atomic E-state index is 9.36. The first-order chi connectivity index (χ1) is 6.25. The molecule has 0 aromatic heterocycles. The highest BCUT2D eigenvalue weighted by Crippen LogP contribution is 2.13. The van der Waals surface area contributed by atoms with Crippen LogP contribution in [0.2, 0.25) is 0 Å². The Balaban J connectivity index is 2.62. The third-order valence-electron chi connectivity index (χ3n) is 1.84. The van der Waals surface area contributed by atoms with Crippen LogP contribution in [0.5, 0.6) is 0 Å². The van der Waals surface area contributed by atoms with Crippen molar-refractivity contribution in [1.82, 2.24) is 0 Å². The van der Waals surface area contributed by atoms with Crippen LogP contribution >= 0.6 is 0 Å². The van der Waals surface area contributed by atoms with Gasteiger partial charge in [-0.15, -0.1) is 0 Å². The molecule has 1 aromatic carbocycles. The molecule has 13 heavy (non-hydrogen) atoms. The lowest BCUT2D eigenvalue weighted by atomic mass is 10.0. The largest absolute Gasteiger partial charge is 0.389 e. The maximum absolute atomic E-state index is 9.36. The van der Waals surface area contributed by atoms with E-state index in [2.05, 4.69) is 4.89 Å². The van der Waals surface area contributed by atoms with E-state index in [9.17, 15) is 5.11 Å². The van der Waals surface area contributed by atoms with E-state index in [1.165, 1.54) is 0 Å². The molecule has 0 fully saturated rings. The Morgan fingerprint density at radius 2 is 1.92 bits per heavy atom. The molecule has 2 atom stereocenters. The van der Waals surface area contributed by atoms with Crippen molar-refractivity contribution in [2.24, 2.45) is 5.73 Å². The molecule has 0 aliphatic rings. The number of hydrogen-bond donors (Lipinski definition) is 3. The average Bonchev–Trinajstić information content (AvgIpc) is 2.18. The van der Waals surface area contributed by atoms with Gasteiger partial charge in [0.1, 0.15) is 6.61 Å². The second-order valence-electron chi connectivity index (χ2n) is 2.80. The molecule has 0 spiro atoms. The minimum absolute atomic E-state index is 0.184. The van der Waals surface area contributed by atoms with Gasteiger partial charge in [-0.1, -0.05) is 30.3 Å². The van der Waals surface area contributed by atoms with Gasteiger partial charge >= 0.3 is 0 Å². The van der Waals surface area contributed by atoms with E-state index >= 15 is 0 Å². The van der Waals surface area contributed by atoms with Gasteiger partial charge < -0.3 is 10.8 Å². The Hall–Kier alpha value is -0.940. The predicted octanol–water partition coefficient (Wildman–Crippen LogP) is 0.537. The second-order valence-corrected chi connectivity index (χ2v) is 2.80. The molecular weight excluding hydrogens is 170 g/mol. The highest BCUT2D eigenvalue weighted by atomic mass is 17.1. The van der Waals surface area contributed by atoms with Gasteiger partial charge in [0, 0.05) is 0 Å². The van der Waals surface area contributed by atoms with Gasteiger partial charge in [0.2, 0.25) is 0 Å². The lowest BCUT2D eigenvalue weighted by molar-refractivity contribution is -0.258. The van der Waals surface area contributed by atoms with E-state index in [0.717, 1.165) is 5.56 Å². The minimum Gasteiger partial charge on any atom is -0.389 e. The van der Waals surface area contributed by atoms with E-state index in [-0.39, 0.29) is 6.61 Å². The van der Waals surface area contributed by atoms with Crippen LogP contribution in [-0.2, 0) is 4.89 Å². The molecule has 4 heteroatoms. The summed E-state index contributed by atoms with van der Waals surface area (Å²) in [6.45, 7) is -0.184. The Morgan fingerprint density at radius 1 is 1.31 bits per heavy atom. The molecule has 1 rings (SSSR count). The van der Waals surface area contributed by atoms with Crippen LogP contribution in [0.15, 0.2) is 30.3 Å². The van der Waals surface area contributed by atoms with Gasteiger partial charge in [0.15, 0.2) is 0 Å². The van der Waals surface area contributed by atoms with Crippen molar-refractivity contribution in [1.29, 1.82) is 0 Å². The van der Waals surface area contributed by atoms with E-state index in [0.29, 0.717) is 0 Å². The minimum atomic E-state index is -0.896. The fourth-order valence-electron chi connectivity index (χ4n) is 1.08.